The molecule has 1 aromatic rings. The summed E-state index contributed by atoms with van der Waals surface area (Å²) >= 11 is 0. The van der Waals surface area contributed by atoms with E-state index in [-0.39, 0.29) is 26.7 Å². The SMILES string of the molecule is C[p+]1ccccc1C(CO)CO. The monoisotopic (exact) mass is 185 g/mol. The fourth-order valence-corrected chi connectivity index (χ4v) is 2.80. The van der Waals surface area contributed by atoms with Crippen LogP contribution < -0.4 is 0 Å². The van der Waals surface area contributed by atoms with Crippen LogP contribution in [0.5, 0.6) is 0 Å². The molecule has 66 valence electrons. The van der Waals surface area contributed by atoms with E-state index >= 15 is 0 Å². The van der Waals surface area contributed by atoms with Crippen molar-refractivity contribution >= 4 is 7.53 Å². The molecule has 1 atom stereocenters. The molecule has 0 bridgehead atoms. The standard InChI is InChI=1S/C9H14O2P/c1-12-5-3-2-4-9(12)8(6-10)7-11/h2-5,8,10-11H,6-7H2,1H3/q+1. The zero-order valence-electron chi connectivity index (χ0n) is 7.14. The van der Waals surface area contributed by atoms with Gasteiger partial charge in [-0.15, -0.1) is 0 Å². The summed E-state index contributed by atoms with van der Waals surface area (Å²) in [5, 5.41) is 19.1. The number of aryl methyl sites for hydroxylation is 1. The second-order valence-corrected chi connectivity index (χ2v) is 4.83. The molecule has 0 saturated carbocycles. The highest BCUT2D eigenvalue weighted by atomic mass is 31.1. The molecule has 2 N–H and O–H groups in total. The average Bonchev–Trinajstić information content (AvgIpc) is 2.10. The first-order valence-electron chi connectivity index (χ1n) is 3.96. The van der Waals surface area contributed by atoms with Gasteiger partial charge in [-0.25, -0.2) is 0 Å². The highest BCUT2D eigenvalue weighted by Gasteiger charge is 2.18. The van der Waals surface area contributed by atoms with Crippen LogP contribution in [0.1, 0.15) is 11.2 Å². The van der Waals surface area contributed by atoms with Crippen molar-refractivity contribution in [1.29, 1.82) is 0 Å². The van der Waals surface area contributed by atoms with Crippen LogP contribution in [-0.4, -0.2) is 23.4 Å². The maximum atomic E-state index is 8.97. The van der Waals surface area contributed by atoms with E-state index in [1.807, 2.05) is 18.2 Å². The van der Waals surface area contributed by atoms with E-state index in [1.54, 1.807) is 0 Å². The van der Waals surface area contributed by atoms with Gasteiger partial charge in [0.1, 0.15) is 25.3 Å². The zero-order valence-corrected chi connectivity index (χ0v) is 8.04. The first-order valence-corrected chi connectivity index (χ1v) is 5.81. The van der Waals surface area contributed by atoms with Crippen molar-refractivity contribution in [2.75, 3.05) is 13.2 Å². The molecule has 0 aliphatic carbocycles. The van der Waals surface area contributed by atoms with Crippen molar-refractivity contribution in [2.24, 2.45) is 6.66 Å². The van der Waals surface area contributed by atoms with Gasteiger partial charge in [0.15, 0.2) is 0 Å². The highest BCUT2D eigenvalue weighted by Crippen LogP contribution is 2.33. The molecule has 0 saturated heterocycles. The first kappa shape index (κ1) is 9.66. The number of hydrogen-bond acceptors (Lipinski definition) is 2. The van der Waals surface area contributed by atoms with Gasteiger partial charge < -0.3 is 10.2 Å². The molecule has 0 aliphatic heterocycles. The Morgan fingerprint density at radius 3 is 2.50 bits per heavy atom. The Bertz CT molecular complexity index is 246. The summed E-state index contributed by atoms with van der Waals surface area (Å²) in [6.45, 7) is 2.20. The lowest BCUT2D eigenvalue weighted by molar-refractivity contribution is 0.194. The first-order chi connectivity index (χ1) is 5.79. The maximum absolute atomic E-state index is 8.97. The molecule has 12 heavy (non-hydrogen) atoms. The van der Waals surface area contributed by atoms with Crippen LogP contribution in [-0.2, 0) is 6.66 Å². The summed E-state index contributed by atoms with van der Waals surface area (Å²) < 4.78 is 0. The van der Waals surface area contributed by atoms with Crippen LogP contribution in [0.4, 0.5) is 0 Å². The topological polar surface area (TPSA) is 40.5 Å². The van der Waals surface area contributed by atoms with Gasteiger partial charge >= 0.3 is 0 Å². The lowest BCUT2D eigenvalue weighted by Gasteiger charge is -2.06. The summed E-state index contributed by atoms with van der Waals surface area (Å²) in [5.74, 6) is 2.06. The molecule has 1 heterocycles. The van der Waals surface area contributed by atoms with Gasteiger partial charge in [0.05, 0.1) is 19.1 Å². The lowest BCUT2D eigenvalue weighted by Crippen LogP contribution is -2.07. The third kappa shape index (κ3) is 2.04. The summed E-state index contributed by atoms with van der Waals surface area (Å²) in [7, 11) is -0.277. The Balaban J connectivity index is 2.92. The fraction of sp³-hybridized carbons (Fsp3) is 0.444. The molecule has 0 radical (unpaired) electrons. The maximum Gasteiger partial charge on any atom is 0.133 e. The fourth-order valence-electron chi connectivity index (χ4n) is 1.21. The van der Waals surface area contributed by atoms with E-state index in [0.29, 0.717) is 0 Å². The molecule has 1 unspecified atom stereocenters. The van der Waals surface area contributed by atoms with E-state index in [1.165, 1.54) is 5.30 Å². The molecule has 0 spiro atoms. The van der Waals surface area contributed by atoms with Crippen LogP contribution >= 0.6 is 7.53 Å². The Kier molecular flexibility index (Phi) is 3.67. The van der Waals surface area contributed by atoms with Gasteiger partial charge in [0, 0.05) is 0 Å². The number of hydrogen-bond donors (Lipinski definition) is 2. The van der Waals surface area contributed by atoms with E-state index in [2.05, 4.69) is 12.5 Å². The molecule has 1 rings (SSSR count). The normalized spacial score (nSPS) is 12.2. The van der Waals surface area contributed by atoms with Crippen molar-refractivity contribution in [3.8, 4) is 0 Å². The van der Waals surface area contributed by atoms with E-state index < -0.39 is 0 Å². The van der Waals surface area contributed by atoms with Crippen LogP contribution in [0.3, 0.4) is 0 Å². The molecule has 0 amide bonds. The summed E-state index contributed by atoms with van der Waals surface area (Å²) in [6.07, 6.45) is 0. The molecule has 2 nitrogen and oxygen atoms in total. The number of aliphatic hydroxyl groups excluding tert-OH is 2. The van der Waals surface area contributed by atoms with Gasteiger partial charge in [-0.05, 0) is 12.1 Å². The minimum absolute atomic E-state index is 0.0384. The summed E-state index contributed by atoms with van der Waals surface area (Å²) in [5.41, 5.74) is 0. The minimum Gasteiger partial charge on any atom is -0.395 e. The number of aliphatic hydroxyl groups is 2. The van der Waals surface area contributed by atoms with Crippen LogP contribution in [0, 0.1) is 0 Å². The molecular weight excluding hydrogens is 171 g/mol. The van der Waals surface area contributed by atoms with E-state index in [4.69, 9.17) is 10.2 Å². The molecule has 0 aromatic carbocycles. The van der Waals surface area contributed by atoms with Gasteiger partial charge in [0.25, 0.3) is 0 Å². The van der Waals surface area contributed by atoms with Crippen molar-refractivity contribution in [3.05, 3.63) is 29.3 Å². The second-order valence-electron chi connectivity index (χ2n) is 2.80. The third-order valence-electron chi connectivity index (χ3n) is 1.95. The smallest absolute Gasteiger partial charge is 0.133 e. The quantitative estimate of drug-likeness (QED) is 0.750. The van der Waals surface area contributed by atoms with Crippen LogP contribution in [0.15, 0.2) is 24.0 Å². The highest BCUT2D eigenvalue weighted by molar-refractivity contribution is 7.47. The Hall–Kier alpha value is -0.430. The molecule has 3 heteroatoms. The Morgan fingerprint density at radius 1 is 1.33 bits per heavy atom. The average molecular weight is 185 g/mol. The van der Waals surface area contributed by atoms with Crippen molar-refractivity contribution in [2.45, 2.75) is 5.92 Å². The molecular formula is C9H14O2P+. The van der Waals surface area contributed by atoms with Crippen molar-refractivity contribution in [1.82, 2.24) is 0 Å². The zero-order chi connectivity index (χ0) is 8.97. The van der Waals surface area contributed by atoms with Gasteiger partial charge in [-0.3, -0.25) is 0 Å². The second kappa shape index (κ2) is 4.56. The molecule has 0 aliphatic rings. The van der Waals surface area contributed by atoms with Crippen LogP contribution in [0.25, 0.3) is 0 Å². The Labute approximate surface area is 73.6 Å². The minimum atomic E-state index is -0.277. The largest absolute Gasteiger partial charge is 0.395 e. The van der Waals surface area contributed by atoms with E-state index in [0.717, 1.165) is 0 Å². The van der Waals surface area contributed by atoms with Gasteiger partial charge in [-0.2, -0.15) is 0 Å². The molecule has 1 aromatic heterocycles. The molecule has 0 fully saturated rings. The van der Waals surface area contributed by atoms with Gasteiger partial charge in [-0.1, -0.05) is 6.07 Å². The third-order valence-corrected chi connectivity index (χ3v) is 3.90. The van der Waals surface area contributed by atoms with E-state index in [9.17, 15) is 0 Å². The Morgan fingerprint density at radius 2 is 2.00 bits per heavy atom. The van der Waals surface area contributed by atoms with Gasteiger partial charge in [0.2, 0.25) is 0 Å². The summed E-state index contributed by atoms with van der Waals surface area (Å²) in [6, 6.07) is 5.97. The lowest BCUT2D eigenvalue weighted by atomic mass is 10.1. The predicted molar refractivity (Wildman–Crippen MR) is 51.5 cm³/mol. The predicted octanol–water partition coefficient (Wildman–Crippen LogP) is 1.56. The van der Waals surface area contributed by atoms with Crippen molar-refractivity contribution in [3.63, 3.8) is 0 Å². The summed E-state index contributed by atoms with van der Waals surface area (Å²) in [4.78, 5) is 0. The number of rotatable bonds is 3. The van der Waals surface area contributed by atoms with Crippen LogP contribution in [0.2, 0.25) is 0 Å². The van der Waals surface area contributed by atoms with Crippen molar-refractivity contribution < 1.29 is 10.2 Å².